The summed E-state index contributed by atoms with van der Waals surface area (Å²) in [7, 11) is 0. The fourth-order valence-corrected chi connectivity index (χ4v) is 4.30. The van der Waals surface area contributed by atoms with Crippen molar-refractivity contribution in [1.29, 1.82) is 0 Å². The minimum absolute atomic E-state index is 0. The average Bonchev–Trinajstić information content (AvgIpc) is 3.39. The van der Waals surface area contributed by atoms with Crippen LogP contribution in [0.3, 0.4) is 0 Å². The molecule has 1 aliphatic heterocycles. The lowest BCUT2D eigenvalue weighted by molar-refractivity contribution is 0.380. The van der Waals surface area contributed by atoms with Crippen LogP contribution in [-0.2, 0) is 6.54 Å². The summed E-state index contributed by atoms with van der Waals surface area (Å²) < 4.78 is 0. The van der Waals surface area contributed by atoms with E-state index in [1.807, 2.05) is 29.8 Å². The van der Waals surface area contributed by atoms with Gasteiger partial charge in [0.1, 0.15) is 5.01 Å². The number of hydrogen-bond donors (Lipinski definition) is 1. The summed E-state index contributed by atoms with van der Waals surface area (Å²) in [4.78, 5) is 18.0. The summed E-state index contributed by atoms with van der Waals surface area (Å²) in [5.41, 5.74) is 8.33. The molecule has 0 unspecified atom stereocenters. The van der Waals surface area contributed by atoms with Crippen LogP contribution in [0.2, 0.25) is 0 Å². The first-order valence-corrected chi connectivity index (χ1v) is 10.2. The van der Waals surface area contributed by atoms with Crippen LogP contribution in [0.5, 0.6) is 0 Å². The maximum Gasteiger partial charge on any atom is 0.191 e. The number of rotatable bonds is 4. The Morgan fingerprint density at radius 3 is 2.59 bits per heavy atom. The van der Waals surface area contributed by atoms with E-state index in [-0.39, 0.29) is 24.0 Å². The fraction of sp³-hybridized carbons (Fsp3) is 0.278. The SMILES string of the molecule is I.NC(=NCc1nc(-c2ccccc2)cs1)N1CCN(c2nccs2)CC1. The van der Waals surface area contributed by atoms with E-state index in [4.69, 9.17) is 5.73 Å². The predicted octanol–water partition coefficient (Wildman–Crippen LogP) is 3.52. The van der Waals surface area contributed by atoms with Crippen molar-refractivity contribution in [3.8, 4) is 11.3 Å². The minimum atomic E-state index is 0. The Balaban J connectivity index is 0.00000210. The number of halogens is 1. The maximum atomic E-state index is 6.20. The molecule has 2 aromatic heterocycles. The highest BCUT2D eigenvalue weighted by molar-refractivity contribution is 14.0. The Bertz CT molecular complexity index is 857. The normalized spacial score (nSPS) is 14.9. The van der Waals surface area contributed by atoms with Crippen molar-refractivity contribution < 1.29 is 0 Å². The molecule has 9 heteroatoms. The third kappa shape index (κ3) is 4.96. The van der Waals surface area contributed by atoms with E-state index in [1.165, 1.54) is 0 Å². The Morgan fingerprint density at radius 2 is 1.89 bits per heavy atom. The number of anilines is 1. The molecule has 1 aliphatic rings. The van der Waals surface area contributed by atoms with Crippen molar-refractivity contribution >= 4 is 57.7 Å². The molecule has 0 bridgehead atoms. The molecule has 142 valence electrons. The number of benzene rings is 1. The van der Waals surface area contributed by atoms with Gasteiger partial charge in [0.2, 0.25) is 0 Å². The standard InChI is InChI=1S/C18H20N6S2.HI/c19-17(23-7-9-24(10-8-23)18-20-6-11-25-18)21-12-16-22-15(13-26-16)14-4-2-1-3-5-14;/h1-6,11,13H,7-10,12H2,(H2,19,21);1H. The van der Waals surface area contributed by atoms with Crippen LogP contribution >= 0.6 is 46.7 Å². The highest BCUT2D eigenvalue weighted by Gasteiger charge is 2.19. The van der Waals surface area contributed by atoms with Crippen LogP contribution in [0, 0.1) is 0 Å². The molecular formula is C18H21IN6S2. The van der Waals surface area contributed by atoms with E-state index in [9.17, 15) is 0 Å². The van der Waals surface area contributed by atoms with Crippen molar-refractivity contribution in [3.05, 3.63) is 52.3 Å². The molecular weight excluding hydrogens is 491 g/mol. The van der Waals surface area contributed by atoms with Gasteiger partial charge in [-0.05, 0) is 0 Å². The zero-order chi connectivity index (χ0) is 17.8. The molecule has 0 amide bonds. The quantitative estimate of drug-likeness (QED) is 0.329. The molecule has 1 fully saturated rings. The van der Waals surface area contributed by atoms with Gasteiger partial charge in [-0.3, -0.25) is 0 Å². The first-order valence-electron chi connectivity index (χ1n) is 8.49. The van der Waals surface area contributed by atoms with Crippen molar-refractivity contribution in [2.24, 2.45) is 10.7 Å². The van der Waals surface area contributed by atoms with Gasteiger partial charge in [-0.1, -0.05) is 30.3 Å². The van der Waals surface area contributed by atoms with E-state index in [1.54, 1.807) is 22.7 Å². The van der Waals surface area contributed by atoms with Crippen molar-refractivity contribution in [3.63, 3.8) is 0 Å². The topological polar surface area (TPSA) is 70.6 Å². The molecule has 1 saturated heterocycles. The lowest BCUT2D eigenvalue weighted by atomic mass is 10.2. The number of aliphatic imine (C=N–C) groups is 1. The molecule has 27 heavy (non-hydrogen) atoms. The number of aromatic nitrogens is 2. The van der Waals surface area contributed by atoms with Crippen LogP contribution < -0.4 is 10.6 Å². The molecule has 2 N–H and O–H groups in total. The number of nitrogens with two attached hydrogens (primary N) is 1. The Labute approximate surface area is 183 Å². The lowest BCUT2D eigenvalue weighted by Gasteiger charge is -2.35. The first kappa shape index (κ1) is 20.0. The van der Waals surface area contributed by atoms with Gasteiger partial charge in [-0.25, -0.2) is 15.0 Å². The molecule has 6 nitrogen and oxygen atoms in total. The van der Waals surface area contributed by atoms with Crippen LogP contribution in [0.4, 0.5) is 5.13 Å². The highest BCUT2D eigenvalue weighted by atomic mass is 127. The molecule has 0 spiro atoms. The second-order valence-electron chi connectivity index (χ2n) is 5.96. The monoisotopic (exact) mass is 512 g/mol. The zero-order valence-corrected chi connectivity index (χ0v) is 18.7. The second kappa shape index (κ2) is 9.47. The Kier molecular flexibility index (Phi) is 7.02. The van der Waals surface area contributed by atoms with Crippen molar-refractivity contribution in [2.45, 2.75) is 6.54 Å². The smallest absolute Gasteiger partial charge is 0.191 e. The third-order valence-corrected chi connectivity index (χ3v) is 5.96. The van der Waals surface area contributed by atoms with Crippen molar-refractivity contribution in [1.82, 2.24) is 14.9 Å². The van der Waals surface area contributed by atoms with Gasteiger partial charge in [0.15, 0.2) is 11.1 Å². The highest BCUT2D eigenvalue weighted by Crippen LogP contribution is 2.22. The summed E-state index contributed by atoms with van der Waals surface area (Å²) in [6, 6.07) is 10.2. The molecule has 3 aromatic rings. The number of guanidine groups is 1. The maximum absolute atomic E-state index is 6.20. The Hall–Kier alpha value is -1.72. The lowest BCUT2D eigenvalue weighted by Crippen LogP contribution is -2.51. The van der Waals surface area contributed by atoms with Gasteiger partial charge in [0.25, 0.3) is 0 Å². The summed E-state index contributed by atoms with van der Waals surface area (Å²) in [6.45, 7) is 4.08. The van der Waals surface area contributed by atoms with E-state index < -0.39 is 0 Å². The van der Waals surface area contributed by atoms with Crippen LogP contribution in [0.25, 0.3) is 11.3 Å². The minimum Gasteiger partial charge on any atom is -0.370 e. The molecule has 0 radical (unpaired) electrons. The third-order valence-electron chi connectivity index (χ3n) is 4.29. The first-order chi connectivity index (χ1) is 12.8. The van der Waals surface area contributed by atoms with Gasteiger partial charge in [-0.2, -0.15) is 0 Å². The van der Waals surface area contributed by atoms with Crippen LogP contribution in [0.15, 0.2) is 52.3 Å². The second-order valence-corrected chi connectivity index (χ2v) is 7.77. The molecule has 0 aliphatic carbocycles. The number of nitrogens with zero attached hydrogens (tertiary/aromatic N) is 5. The van der Waals surface area contributed by atoms with E-state index >= 15 is 0 Å². The van der Waals surface area contributed by atoms with Gasteiger partial charge >= 0.3 is 0 Å². The van der Waals surface area contributed by atoms with Gasteiger partial charge in [-0.15, -0.1) is 46.7 Å². The predicted molar refractivity (Wildman–Crippen MR) is 124 cm³/mol. The Morgan fingerprint density at radius 1 is 1.11 bits per heavy atom. The van der Waals surface area contributed by atoms with Gasteiger partial charge in [0.05, 0.1) is 12.2 Å². The zero-order valence-electron chi connectivity index (χ0n) is 14.7. The molecule has 3 heterocycles. The fourth-order valence-electron chi connectivity index (χ4n) is 2.87. The molecule has 0 saturated carbocycles. The van der Waals surface area contributed by atoms with Crippen LogP contribution in [-0.4, -0.2) is 47.0 Å². The summed E-state index contributed by atoms with van der Waals surface area (Å²) >= 11 is 3.30. The number of hydrogen-bond acceptors (Lipinski definition) is 6. The van der Waals surface area contributed by atoms with Crippen molar-refractivity contribution in [2.75, 3.05) is 31.1 Å². The number of thiazole rings is 2. The largest absolute Gasteiger partial charge is 0.370 e. The average molecular weight is 512 g/mol. The summed E-state index contributed by atoms with van der Waals surface area (Å²) in [6.07, 6.45) is 1.85. The van der Waals surface area contributed by atoms with E-state index in [0.29, 0.717) is 12.5 Å². The molecule has 4 rings (SSSR count). The van der Waals surface area contributed by atoms with Gasteiger partial charge < -0.3 is 15.5 Å². The van der Waals surface area contributed by atoms with Crippen LogP contribution in [0.1, 0.15) is 5.01 Å². The summed E-state index contributed by atoms with van der Waals surface area (Å²) in [5.74, 6) is 0.597. The molecule has 1 aromatic carbocycles. The van der Waals surface area contributed by atoms with E-state index in [0.717, 1.165) is 47.6 Å². The number of piperazine rings is 1. The molecule has 0 atom stereocenters. The summed E-state index contributed by atoms with van der Waals surface area (Å²) in [5, 5.41) is 6.14. The van der Waals surface area contributed by atoms with Gasteiger partial charge in [0, 0.05) is 48.7 Å². The van der Waals surface area contributed by atoms with E-state index in [2.05, 4.69) is 42.3 Å².